The third-order valence-electron chi connectivity index (χ3n) is 3.35. The Labute approximate surface area is 121 Å². The molecule has 0 aliphatic carbocycles. The van der Waals surface area contributed by atoms with Gasteiger partial charge in [0.05, 0.1) is 6.10 Å². The first-order valence-electron chi connectivity index (χ1n) is 6.75. The van der Waals surface area contributed by atoms with Crippen LogP contribution >= 0.6 is 0 Å². The minimum absolute atomic E-state index is 0.0904. The highest BCUT2D eigenvalue weighted by Gasteiger charge is 2.19. The second-order valence-electron chi connectivity index (χ2n) is 5.02. The number of carbonyl (C=O) groups is 1. The van der Waals surface area contributed by atoms with Gasteiger partial charge in [-0.05, 0) is 37.5 Å². The number of aliphatic hydroxyl groups is 1. The molecule has 1 aromatic carbocycles. The van der Waals surface area contributed by atoms with Crippen LogP contribution in [0.5, 0.6) is 0 Å². The second kappa shape index (κ2) is 6.85. The molecule has 5 nitrogen and oxygen atoms in total. The maximum absolute atomic E-state index is 11.9. The van der Waals surface area contributed by atoms with Gasteiger partial charge in [-0.3, -0.25) is 4.21 Å². The number of amides is 2. The maximum Gasteiger partial charge on any atom is 0.319 e. The Hall–Kier alpha value is -1.40. The lowest BCUT2D eigenvalue weighted by atomic mass is 10.1. The predicted molar refractivity (Wildman–Crippen MR) is 80.1 cm³/mol. The zero-order chi connectivity index (χ0) is 14.5. The van der Waals surface area contributed by atoms with Gasteiger partial charge in [0.15, 0.2) is 0 Å². The van der Waals surface area contributed by atoms with E-state index in [0.29, 0.717) is 17.2 Å². The summed E-state index contributed by atoms with van der Waals surface area (Å²) in [5.41, 5.74) is 1.41. The van der Waals surface area contributed by atoms with Crippen molar-refractivity contribution in [2.75, 3.05) is 16.8 Å². The van der Waals surface area contributed by atoms with Crippen LogP contribution in [0.2, 0.25) is 0 Å². The van der Waals surface area contributed by atoms with E-state index in [2.05, 4.69) is 10.6 Å². The van der Waals surface area contributed by atoms with Crippen LogP contribution < -0.4 is 10.6 Å². The molecule has 1 atom stereocenters. The summed E-state index contributed by atoms with van der Waals surface area (Å²) in [4.78, 5) is 11.9. The predicted octanol–water partition coefficient (Wildman–Crippen LogP) is 1.77. The molecule has 0 radical (unpaired) electrons. The monoisotopic (exact) mass is 296 g/mol. The molecular weight excluding hydrogens is 276 g/mol. The van der Waals surface area contributed by atoms with Crippen molar-refractivity contribution in [1.82, 2.24) is 5.32 Å². The van der Waals surface area contributed by atoms with Gasteiger partial charge in [0, 0.05) is 34.0 Å². The molecule has 0 spiro atoms. The third-order valence-corrected chi connectivity index (χ3v) is 4.73. The SMILES string of the molecule is CC(O)c1cccc(NC(=O)NC2CCS(=O)CC2)c1. The Bertz CT molecular complexity index is 495. The summed E-state index contributed by atoms with van der Waals surface area (Å²) < 4.78 is 11.2. The normalized spacial score (nSPS) is 23.9. The number of hydrogen-bond donors (Lipinski definition) is 3. The van der Waals surface area contributed by atoms with Gasteiger partial charge in [-0.25, -0.2) is 4.79 Å². The lowest BCUT2D eigenvalue weighted by molar-refractivity contribution is 0.199. The van der Waals surface area contributed by atoms with Crippen LogP contribution in [0.3, 0.4) is 0 Å². The second-order valence-corrected chi connectivity index (χ2v) is 6.72. The average Bonchev–Trinajstić information content (AvgIpc) is 2.41. The summed E-state index contributed by atoms with van der Waals surface area (Å²) in [6.07, 6.45) is 0.953. The van der Waals surface area contributed by atoms with Gasteiger partial charge in [-0.2, -0.15) is 0 Å². The lowest BCUT2D eigenvalue weighted by Crippen LogP contribution is -2.41. The summed E-state index contributed by atoms with van der Waals surface area (Å²) in [6.45, 7) is 1.68. The minimum atomic E-state index is -0.722. The fraction of sp³-hybridized carbons (Fsp3) is 0.500. The highest BCUT2D eigenvalue weighted by Crippen LogP contribution is 2.17. The largest absolute Gasteiger partial charge is 0.389 e. The van der Waals surface area contributed by atoms with E-state index in [1.54, 1.807) is 25.1 Å². The van der Waals surface area contributed by atoms with Crippen LogP contribution in [0.4, 0.5) is 10.5 Å². The van der Waals surface area contributed by atoms with Crippen molar-refractivity contribution in [3.63, 3.8) is 0 Å². The Balaban J connectivity index is 1.88. The van der Waals surface area contributed by atoms with Crippen molar-refractivity contribution in [3.8, 4) is 0 Å². The zero-order valence-electron chi connectivity index (χ0n) is 11.5. The number of anilines is 1. The number of hydrogen-bond acceptors (Lipinski definition) is 3. The van der Waals surface area contributed by atoms with Crippen LogP contribution in [0, 0.1) is 0 Å². The summed E-state index contributed by atoms with van der Waals surface area (Å²) in [6, 6.07) is 6.96. The maximum atomic E-state index is 11.9. The quantitative estimate of drug-likeness (QED) is 0.795. The summed E-state index contributed by atoms with van der Waals surface area (Å²) in [5, 5.41) is 15.2. The van der Waals surface area contributed by atoms with E-state index >= 15 is 0 Å². The first-order chi connectivity index (χ1) is 9.54. The number of rotatable bonds is 3. The Morgan fingerprint density at radius 2 is 2.10 bits per heavy atom. The van der Waals surface area contributed by atoms with Gasteiger partial charge in [-0.15, -0.1) is 0 Å². The van der Waals surface area contributed by atoms with Gasteiger partial charge in [0.1, 0.15) is 0 Å². The fourth-order valence-electron chi connectivity index (χ4n) is 2.17. The molecule has 110 valence electrons. The molecule has 1 heterocycles. The lowest BCUT2D eigenvalue weighted by Gasteiger charge is -2.22. The molecule has 1 unspecified atom stereocenters. The van der Waals surface area contributed by atoms with Gasteiger partial charge >= 0.3 is 6.03 Å². The summed E-state index contributed by atoms with van der Waals surface area (Å²) in [7, 11) is -0.722. The van der Waals surface area contributed by atoms with Crippen molar-refractivity contribution in [2.24, 2.45) is 0 Å². The van der Waals surface area contributed by atoms with Gasteiger partial charge < -0.3 is 15.7 Å². The van der Waals surface area contributed by atoms with Crippen LogP contribution in [-0.2, 0) is 10.8 Å². The van der Waals surface area contributed by atoms with Crippen molar-refractivity contribution < 1.29 is 14.1 Å². The molecule has 0 bridgehead atoms. The summed E-state index contributed by atoms with van der Waals surface area (Å²) in [5.74, 6) is 1.31. The first kappa shape index (κ1) is 15.0. The highest BCUT2D eigenvalue weighted by atomic mass is 32.2. The number of urea groups is 1. The summed E-state index contributed by atoms with van der Waals surface area (Å²) >= 11 is 0. The molecule has 2 rings (SSSR count). The van der Waals surface area contributed by atoms with Crippen LogP contribution in [0.25, 0.3) is 0 Å². The van der Waals surface area contributed by atoms with E-state index < -0.39 is 16.9 Å². The van der Waals surface area contributed by atoms with Crippen molar-refractivity contribution in [2.45, 2.75) is 31.9 Å². The standard InChI is InChI=1S/C14H20N2O3S/c1-10(17)11-3-2-4-13(9-11)16-14(18)15-12-5-7-20(19)8-6-12/h2-4,9-10,12,17H,5-8H2,1H3,(H2,15,16,18). The Morgan fingerprint density at radius 3 is 2.75 bits per heavy atom. The molecular formula is C14H20N2O3S. The number of aliphatic hydroxyl groups excluding tert-OH is 1. The molecule has 6 heteroatoms. The Morgan fingerprint density at radius 1 is 1.40 bits per heavy atom. The topological polar surface area (TPSA) is 78.4 Å². The van der Waals surface area contributed by atoms with Gasteiger partial charge in [0.25, 0.3) is 0 Å². The number of carbonyl (C=O) groups excluding carboxylic acids is 1. The molecule has 1 saturated heterocycles. The van der Waals surface area contributed by atoms with E-state index in [1.807, 2.05) is 6.07 Å². The molecule has 2 amide bonds. The molecule has 1 fully saturated rings. The van der Waals surface area contributed by atoms with E-state index in [1.165, 1.54) is 0 Å². The number of nitrogens with one attached hydrogen (secondary N) is 2. The molecule has 0 aromatic heterocycles. The smallest absolute Gasteiger partial charge is 0.319 e. The van der Waals surface area contributed by atoms with Crippen molar-refractivity contribution in [1.29, 1.82) is 0 Å². The Kier molecular flexibility index (Phi) is 5.14. The fourth-order valence-corrected chi connectivity index (χ4v) is 3.47. The molecule has 1 aliphatic rings. The van der Waals surface area contributed by atoms with Gasteiger partial charge in [0.2, 0.25) is 0 Å². The minimum Gasteiger partial charge on any atom is -0.389 e. The van der Waals surface area contributed by atoms with Crippen molar-refractivity contribution >= 4 is 22.5 Å². The van der Waals surface area contributed by atoms with Gasteiger partial charge in [-0.1, -0.05) is 12.1 Å². The molecule has 20 heavy (non-hydrogen) atoms. The zero-order valence-corrected chi connectivity index (χ0v) is 12.3. The average molecular weight is 296 g/mol. The highest BCUT2D eigenvalue weighted by molar-refractivity contribution is 7.85. The van der Waals surface area contributed by atoms with Crippen molar-refractivity contribution in [3.05, 3.63) is 29.8 Å². The molecule has 3 N–H and O–H groups in total. The van der Waals surface area contributed by atoms with E-state index in [4.69, 9.17) is 0 Å². The molecule has 1 aromatic rings. The van der Waals surface area contributed by atoms with E-state index in [-0.39, 0.29) is 12.1 Å². The van der Waals surface area contributed by atoms with E-state index in [0.717, 1.165) is 18.4 Å². The molecule has 0 saturated carbocycles. The van der Waals surface area contributed by atoms with Crippen LogP contribution in [0.15, 0.2) is 24.3 Å². The van der Waals surface area contributed by atoms with Crippen LogP contribution in [-0.4, -0.2) is 32.9 Å². The number of benzene rings is 1. The molecule has 1 aliphatic heterocycles. The first-order valence-corrected chi connectivity index (χ1v) is 8.24. The van der Waals surface area contributed by atoms with Crippen LogP contribution in [0.1, 0.15) is 31.4 Å². The third kappa shape index (κ3) is 4.31. The van der Waals surface area contributed by atoms with E-state index in [9.17, 15) is 14.1 Å².